The standard InChI is InChI=1S/C22H19NO2/c24-22(20-15-18-13-7-8-14-19(18)25-20)23-21(16-9-3-1-4-10-16)17-11-5-2-6-12-17/h1-14,20-21H,15H2,(H,23,24). The molecule has 4 rings (SSSR count). The summed E-state index contributed by atoms with van der Waals surface area (Å²) in [6.07, 6.45) is 0.130. The highest BCUT2D eigenvalue weighted by Gasteiger charge is 2.30. The number of carbonyl (C=O) groups excluding carboxylic acids is 1. The van der Waals surface area contributed by atoms with Crippen molar-refractivity contribution in [1.82, 2.24) is 5.32 Å². The number of rotatable bonds is 4. The zero-order chi connectivity index (χ0) is 17.1. The van der Waals surface area contributed by atoms with Gasteiger partial charge in [-0.15, -0.1) is 0 Å². The van der Waals surface area contributed by atoms with E-state index >= 15 is 0 Å². The molecule has 1 heterocycles. The van der Waals surface area contributed by atoms with Gasteiger partial charge in [-0.3, -0.25) is 4.79 Å². The number of fused-ring (bicyclic) bond motifs is 1. The monoisotopic (exact) mass is 329 g/mol. The first-order chi connectivity index (χ1) is 12.3. The summed E-state index contributed by atoms with van der Waals surface area (Å²) in [6.45, 7) is 0. The SMILES string of the molecule is O=C(NC(c1ccccc1)c1ccccc1)C1Cc2ccccc2O1. The average Bonchev–Trinajstić information content (AvgIpc) is 3.12. The minimum absolute atomic E-state index is 0.0890. The number of hydrogen-bond acceptors (Lipinski definition) is 2. The molecule has 0 saturated carbocycles. The van der Waals surface area contributed by atoms with Crippen molar-refractivity contribution in [3.63, 3.8) is 0 Å². The zero-order valence-electron chi connectivity index (χ0n) is 13.8. The zero-order valence-corrected chi connectivity index (χ0v) is 13.8. The molecule has 1 aliphatic heterocycles. The molecule has 0 aliphatic carbocycles. The predicted molar refractivity (Wildman–Crippen MR) is 97.4 cm³/mol. The van der Waals surface area contributed by atoms with E-state index in [1.807, 2.05) is 84.9 Å². The molecule has 1 amide bonds. The molecule has 1 aliphatic rings. The van der Waals surface area contributed by atoms with Gasteiger partial charge in [0.15, 0.2) is 6.10 Å². The maximum atomic E-state index is 12.8. The van der Waals surface area contributed by atoms with Crippen molar-refractivity contribution in [2.24, 2.45) is 0 Å². The van der Waals surface area contributed by atoms with Crippen molar-refractivity contribution < 1.29 is 9.53 Å². The third kappa shape index (κ3) is 3.26. The number of ether oxygens (including phenoxy) is 1. The van der Waals surface area contributed by atoms with Gasteiger partial charge in [0.2, 0.25) is 0 Å². The second-order valence-electron chi connectivity index (χ2n) is 6.18. The van der Waals surface area contributed by atoms with Gasteiger partial charge >= 0.3 is 0 Å². The molecule has 1 N–H and O–H groups in total. The van der Waals surface area contributed by atoms with Gasteiger partial charge in [-0.05, 0) is 22.8 Å². The van der Waals surface area contributed by atoms with Gasteiger partial charge in [-0.2, -0.15) is 0 Å². The van der Waals surface area contributed by atoms with E-state index in [0.717, 1.165) is 22.4 Å². The van der Waals surface area contributed by atoms with Crippen LogP contribution < -0.4 is 10.1 Å². The van der Waals surface area contributed by atoms with E-state index < -0.39 is 6.10 Å². The Labute approximate surface area is 147 Å². The van der Waals surface area contributed by atoms with Crippen molar-refractivity contribution in [3.05, 3.63) is 102 Å². The summed E-state index contributed by atoms with van der Waals surface area (Å²) in [7, 11) is 0. The minimum atomic E-state index is -0.479. The lowest BCUT2D eigenvalue weighted by atomic mass is 9.98. The Hall–Kier alpha value is -3.07. The fourth-order valence-corrected chi connectivity index (χ4v) is 3.21. The lowest BCUT2D eigenvalue weighted by Gasteiger charge is -2.21. The Morgan fingerprint density at radius 3 is 2.00 bits per heavy atom. The molecular weight excluding hydrogens is 310 g/mol. The van der Waals surface area contributed by atoms with Crippen LogP contribution in [0.5, 0.6) is 5.75 Å². The molecule has 25 heavy (non-hydrogen) atoms. The lowest BCUT2D eigenvalue weighted by Crippen LogP contribution is -2.40. The first kappa shape index (κ1) is 15.5. The fraction of sp³-hybridized carbons (Fsp3) is 0.136. The number of carbonyl (C=O) groups is 1. The van der Waals surface area contributed by atoms with Crippen LogP contribution in [-0.2, 0) is 11.2 Å². The Balaban J connectivity index is 1.56. The van der Waals surface area contributed by atoms with Gasteiger partial charge in [-0.1, -0.05) is 78.9 Å². The molecule has 1 atom stereocenters. The smallest absolute Gasteiger partial charge is 0.262 e. The number of nitrogens with one attached hydrogen (secondary N) is 1. The highest BCUT2D eigenvalue weighted by atomic mass is 16.5. The van der Waals surface area contributed by atoms with Crippen molar-refractivity contribution in [3.8, 4) is 5.75 Å². The van der Waals surface area contributed by atoms with Crippen LogP contribution in [0.4, 0.5) is 0 Å². The molecular formula is C22H19NO2. The van der Waals surface area contributed by atoms with Crippen molar-refractivity contribution >= 4 is 5.91 Å². The summed E-state index contributed by atoms with van der Waals surface area (Å²) < 4.78 is 5.83. The molecule has 0 spiro atoms. The van der Waals surface area contributed by atoms with Gasteiger partial charge in [0.1, 0.15) is 5.75 Å². The van der Waals surface area contributed by atoms with Crippen LogP contribution in [0.15, 0.2) is 84.9 Å². The summed E-state index contributed by atoms with van der Waals surface area (Å²) in [5.74, 6) is 0.715. The van der Waals surface area contributed by atoms with Crippen LogP contribution >= 0.6 is 0 Å². The van der Waals surface area contributed by atoms with E-state index in [1.165, 1.54) is 0 Å². The maximum absolute atomic E-state index is 12.8. The molecule has 3 heteroatoms. The molecule has 0 saturated heterocycles. The summed E-state index contributed by atoms with van der Waals surface area (Å²) >= 11 is 0. The number of benzene rings is 3. The Kier molecular flexibility index (Phi) is 4.21. The number of amides is 1. The van der Waals surface area contributed by atoms with E-state index in [-0.39, 0.29) is 11.9 Å². The first-order valence-electron chi connectivity index (χ1n) is 8.46. The van der Waals surface area contributed by atoms with Crippen molar-refractivity contribution in [1.29, 1.82) is 0 Å². The van der Waals surface area contributed by atoms with Crippen LogP contribution in [0.25, 0.3) is 0 Å². The summed E-state index contributed by atoms with van der Waals surface area (Å²) in [6, 6.07) is 27.6. The summed E-state index contributed by atoms with van der Waals surface area (Å²) in [4.78, 5) is 12.8. The maximum Gasteiger partial charge on any atom is 0.262 e. The molecule has 0 fully saturated rings. The van der Waals surface area contributed by atoms with E-state index in [1.54, 1.807) is 0 Å². The summed E-state index contributed by atoms with van der Waals surface area (Å²) in [5.41, 5.74) is 3.19. The molecule has 1 unspecified atom stereocenters. The van der Waals surface area contributed by atoms with Crippen LogP contribution in [0.3, 0.4) is 0 Å². The van der Waals surface area contributed by atoms with Gasteiger partial charge in [-0.25, -0.2) is 0 Å². The topological polar surface area (TPSA) is 38.3 Å². The fourth-order valence-electron chi connectivity index (χ4n) is 3.21. The predicted octanol–water partition coefficient (Wildman–Crippen LogP) is 3.90. The molecule has 3 nitrogen and oxygen atoms in total. The van der Waals surface area contributed by atoms with E-state index in [2.05, 4.69) is 5.32 Å². The van der Waals surface area contributed by atoms with Crippen LogP contribution in [0.2, 0.25) is 0 Å². The highest BCUT2D eigenvalue weighted by Crippen LogP contribution is 2.29. The minimum Gasteiger partial charge on any atom is -0.480 e. The Bertz CT molecular complexity index is 797. The average molecular weight is 329 g/mol. The number of para-hydroxylation sites is 1. The first-order valence-corrected chi connectivity index (χ1v) is 8.46. The lowest BCUT2D eigenvalue weighted by molar-refractivity contribution is -0.127. The molecule has 0 bridgehead atoms. The summed E-state index contributed by atoms with van der Waals surface area (Å²) in [5, 5.41) is 3.16. The Morgan fingerprint density at radius 2 is 1.40 bits per heavy atom. The quantitative estimate of drug-likeness (QED) is 0.788. The second-order valence-corrected chi connectivity index (χ2v) is 6.18. The molecule has 124 valence electrons. The van der Waals surface area contributed by atoms with Crippen molar-refractivity contribution in [2.75, 3.05) is 0 Å². The van der Waals surface area contributed by atoms with E-state index in [4.69, 9.17) is 4.74 Å². The highest BCUT2D eigenvalue weighted by molar-refractivity contribution is 5.83. The molecule has 0 radical (unpaired) electrons. The van der Waals surface area contributed by atoms with Crippen molar-refractivity contribution in [2.45, 2.75) is 18.6 Å². The number of hydrogen-bond donors (Lipinski definition) is 1. The normalized spacial score (nSPS) is 15.5. The molecule has 3 aromatic rings. The van der Waals surface area contributed by atoms with Gasteiger partial charge < -0.3 is 10.1 Å². The van der Waals surface area contributed by atoms with Crippen LogP contribution in [0.1, 0.15) is 22.7 Å². The largest absolute Gasteiger partial charge is 0.480 e. The third-order valence-electron chi connectivity index (χ3n) is 4.49. The molecule has 0 aromatic heterocycles. The van der Waals surface area contributed by atoms with E-state index in [0.29, 0.717) is 6.42 Å². The van der Waals surface area contributed by atoms with Gasteiger partial charge in [0.25, 0.3) is 5.91 Å². The Morgan fingerprint density at radius 1 is 0.840 bits per heavy atom. The van der Waals surface area contributed by atoms with Gasteiger partial charge in [0.05, 0.1) is 6.04 Å². The van der Waals surface area contributed by atoms with Gasteiger partial charge in [0, 0.05) is 6.42 Å². The molecule has 3 aromatic carbocycles. The van der Waals surface area contributed by atoms with E-state index in [9.17, 15) is 4.79 Å². The third-order valence-corrected chi connectivity index (χ3v) is 4.49. The van der Waals surface area contributed by atoms with Crippen LogP contribution in [-0.4, -0.2) is 12.0 Å². The second kappa shape index (κ2) is 6.81. The van der Waals surface area contributed by atoms with Crippen LogP contribution in [0, 0.1) is 0 Å².